The molecule has 0 aromatic heterocycles. The second kappa shape index (κ2) is 3.85. The van der Waals surface area contributed by atoms with E-state index in [-0.39, 0.29) is 0 Å². The summed E-state index contributed by atoms with van der Waals surface area (Å²) in [5.41, 5.74) is 2.43. The zero-order valence-corrected chi connectivity index (χ0v) is 10.2. The van der Waals surface area contributed by atoms with Gasteiger partial charge in [-0.05, 0) is 42.9 Å². The van der Waals surface area contributed by atoms with Crippen molar-refractivity contribution in [3.05, 3.63) is 22.7 Å². The standard InChI is InChI=1S/C13H16ClNO/c1-16-12-6-5-10-9(13(12)14)7-11(15-10)8-3-2-4-8/h5-6,8,11,15H,2-4,7H2,1H3. The fourth-order valence-corrected chi connectivity index (χ4v) is 3.01. The van der Waals surface area contributed by atoms with Crippen molar-refractivity contribution < 1.29 is 4.74 Å². The second-order valence-corrected chi connectivity index (χ2v) is 5.13. The van der Waals surface area contributed by atoms with Gasteiger partial charge in [-0.2, -0.15) is 0 Å². The molecular weight excluding hydrogens is 222 g/mol. The number of hydrogen-bond donors (Lipinski definition) is 1. The van der Waals surface area contributed by atoms with E-state index in [2.05, 4.69) is 11.4 Å². The van der Waals surface area contributed by atoms with Crippen molar-refractivity contribution in [3.63, 3.8) is 0 Å². The van der Waals surface area contributed by atoms with Crippen molar-refractivity contribution in [2.24, 2.45) is 5.92 Å². The third kappa shape index (κ3) is 1.47. The van der Waals surface area contributed by atoms with Gasteiger partial charge < -0.3 is 10.1 Å². The highest BCUT2D eigenvalue weighted by molar-refractivity contribution is 6.33. The molecule has 1 N–H and O–H groups in total. The monoisotopic (exact) mass is 237 g/mol. The Labute approximate surface area is 101 Å². The normalized spacial score (nSPS) is 23.5. The molecule has 3 rings (SSSR count). The molecule has 3 heteroatoms. The molecule has 1 aromatic carbocycles. The summed E-state index contributed by atoms with van der Waals surface area (Å²) in [7, 11) is 1.67. The van der Waals surface area contributed by atoms with Crippen molar-refractivity contribution in [2.45, 2.75) is 31.7 Å². The summed E-state index contributed by atoms with van der Waals surface area (Å²) in [6.45, 7) is 0. The highest BCUT2D eigenvalue weighted by Crippen LogP contribution is 2.42. The highest BCUT2D eigenvalue weighted by Gasteiger charge is 2.33. The molecule has 1 heterocycles. The fraction of sp³-hybridized carbons (Fsp3) is 0.538. The second-order valence-electron chi connectivity index (χ2n) is 4.75. The largest absolute Gasteiger partial charge is 0.495 e. The summed E-state index contributed by atoms with van der Waals surface area (Å²) in [5.74, 6) is 1.63. The number of halogens is 1. The smallest absolute Gasteiger partial charge is 0.137 e. The molecular formula is C13H16ClNO. The molecule has 0 spiro atoms. The van der Waals surface area contributed by atoms with E-state index < -0.39 is 0 Å². The van der Waals surface area contributed by atoms with Crippen LogP contribution >= 0.6 is 11.6 Å². The minimum absolute atomic E-state index is 0.591. The molecule has 1 saturated carbocycles. The van der Waals surface area contributed by atoms with Gasteiger partial charge >= 0.3 is 0 Å². The molecule has 1 aliphatic heterocycles. The van der Waals surface area contributed by atoms with Crippen molar-refractivity contribution in [3.8, 4) is 5.75 Å². The van der Waals surface area contributed by atoms with E-state index in [0.717, 1.165) is 23.1 Å². The summed E-state index contributed by atoms with van der Waals surface area (Å²) in [4.78, 5) is 0. The van der Waals surface area contributed by atoms with Gasteiger partial charge in [-0.3, -0.25) is 0 Å². The lowest BCUT2D eigenvalue weighted by Gasteiger charge is -2.31. The van der Waals surface area contributed by atoms with E-state index in [9.17, 15) is 0 Å². The van der Waals surface area contributed by atoms with E-state index in [1.165, 1.54) is 30.5 Å². The summed E-state index contributed by atoms with van der Waals surface area (Å²) in [5, 5.41) is 4.37. The molecule has 2 nitrogen and oxygen atoms in total. The third-order valence-electron chi connectivity index (χ3n) is 3.91. The van der Waals surface area contributed by atoms with Crippen LogP contribution in [0.25, 0.3) is 0 Å². The van der Waals surface area contributed by atoms with E-state index in [4.69, 9.17) is 16.3 Å². The Balaban J connectivity index is 1.88. The molecule has 86 valence electrons. The summed E-state index contributed by atoms with van der Waals surface area (Å²) >= 11 is 6.32. The van der Waals surface area contributed by atoms with Crippen molar-refractivity contribution in [2.75, 3.05) is 12.4 Å². The Kier molecular flexibility index (Phi) is 2.47. The van der Waals surface area contributed by atoms with Gasteiger partial charge in [-0.15, -0.1) is 0 Å². The maximum Gasteiger partial charge on any atom is 0.137 e. The van der Waals surface area contributed by atoms with E-state index >= 15 is 0 Å². The van der Waals surface area contributed by atoms with Crippen molar-refractivity contribution in [1.29, 1.82) is 0 Å². The van der Waals surface area contributed by atoms with Crippen LogP contribution in [-0.2, 0) is 6.42 Å². The van der Waals surface area contributed by atoms with E-state index in [0.29, 0.717) is 6.04 Å². The zero-order chi connectivity index (χ0) is 11.1. The Hall–Kier alpha value is -0.890. The molecule has 1 atom stereocenters. The summed E-state index contributed by atoms with van der Waals surface area (Å²) < 4.78 is 5.25. The van der Waals surface area contributed by atoms with Crippen LogP contribution in [0, 0.1) is 5.92 Å². The molecule has 1 fully saturated rings. The van der Waals surface area contributed by atoms with Gasteiger partial charge in [0.15, 0.2) is 0 Å². The number of anilines is 1. The first-order valence-corrected chi connectivity index (χ1v) is 6.29. The first-order chi connectivity index (χ1) is 7.79. The quantitative estimate of drug-likeness (QED) is 0.850. The van der Waals surface area contributed by atoms with Crippen molar-refractivity contribution >= 4 is 17.3 Å². The molecule has 0 radical (unpaired) electrons. The maximum absolute atomic E-state index is 6.32. The number of ether oxygens (including phenoxy) is 1. The molecule has 1 unspecified atom stereocenters. The first kappa shape index (κ1) is 10.3. The van der Waals surface area contributed by atoms with Gasteiger partial charge in [0.2, 0.25) is 0 Å². The maximum atomic E-state index is 6.32. The van der Waals surface area contributed by atoms with Crippen LogP contribution in [0.4, 0.5) is 5.69 Å². The van der Waals surface area contributed by atoms with E-state index in [1.54, 1.807) is 7.11 Å². The van der Waals surface area contributed by atoms with Gasteiger partial charge in [-0.25, -0.2) is 0 Å². The van der Waals surface area contributed by atoms with Crippen LogP contribution in [0.3, 0.4) is 0 Å². The van der Waals surface area contributed by atoms with Gasteiger partial charge in [0.05, 0.1) is 12.1 Å². The number of hydrogen-bond acceptors (Lipinski definition) is 2. The number of benzene rings is 1. The molecule has 2 aliphatic rings. The average molecular weight is 238 g/mol. The Morgan fingerprint density at radius 1 is 1.38 bits per heavy atom. The van der Waals surface area contributed by atoms with Crippen LogP contribution in [0.5, 0.6) is 5.75 Å². The van der Waals surface area contributed by atoms with E-state index in [1.807, 2.05) is 6.07 Å². The number of nitrogens with one attached hydrogen (secondary N) is 1. The Bertz CT molecular complexity index is 415. The fourth-order valence-electron chi connectivity index (χ4n) is 2.69. The predicted octanol–water partition coefficient (Wildman–Crippen LogP) is 3.49. The molecule has 16 heavy (non-hydrogen) atoms. The van der Waals surface area contributed by atoms with Crippen LogP contribution in [-0.4, -0.2) is 13.2 Å². The molecule has 1 aliphatic carbocycles. The highest BCUT2D eigenvalue weighted by atomic mass is 35.5. The first-order valence-electron chi connectivity index (χ1n) is 5.91. The topological polar surface area (TPSA) is 21.3 Å². The van der Waals surface area contributed by atoms with Crippen LogP contribution in [0.15, 0.2) is 12.1 Å². The third-order valence-corrected chi connectivity index (χ3v) is 4.33. The lowest BCUT2D eigenvalue weighted by atomic mass is 9.79. The SMILES string of the molecule is COc1ccc2c(c1Cl)CC(C1CCC1)N2. The minimum Gasteiger partial charge on any atom is -0.495 e. The molecule has 0 bridgehead atoms. The average Bonchev–Trinajstić information content (AvgIpc) is 2.60. The number of methoxy groups -OCH3 is 1. The lowest BCUT2D eigenvalue weighted by Crippen LogP contribution is -2.31. The summed E-state index contributed by atoms with van der Waals surface area (Å²) in [6, 6.07) is 4.61. The Morgan fingerprint density at radius 3 is 2.81 bits per heavy atom. The zero-order valence-electron chi connectivity index (χ0n) is 9.42. The van der Waals surface area contributed by atoms with Crippen LogP contribution < -0.4 is 10.1 Å². The van der Waals surface area contributed by atoms with Gasteiger partial charge in [0, 0.05) is 11.7 Å². The molecule has 1 aromatic rings. The molecule has 0 saturated heterocycles. The van der Waals surface area contributed by atoms with Gasteiger partial charge in [0.1, 0.15) is 5.75 Å². The van der Waals surface area contributed by atoms with Gasteiger partial charge in [-0.1, -0.05) is 18.0 Å². The Morgan fingerprint density at radius 2 is 2.19 bits per heavy atom. The summed E-state index contributed by atoms with van der Waals surface area (Å²) in [6.07, 6.45) is 5.16. The van der Waals surface area contributed by atoms with Crippen LogP contribution in [0.1, 0.15) is 24.8 Å². The van der Waals surface area contributed by atoms with Crippen molar-refractivity contribution in [1.82, 2.24) is 0 Å². The lowest BCUT2D eigenvalue weighted by molar-refractivity contribution is 0.278. The number of fused-ring (bicyclic) bond motifs is 1. The molecule has 0 amide bonds. The van der Waals surface area contributed by atoms with Gasteiger partial charge in [0.25, 0.3) is 0 Å². The number of rotatable bonds is 2. The van der Waals surface area contributed by atoms with Crippen LogP contribution in [0.2, 0.25) is 5.02 Å². The minimum atomic E-state index is 0.591. The predicted molar refractivity (Wildman–Crippen MR) is 66.5 cm³/mol.